The number of hydrogen-bond donors (Lipinski definition) is 12. The molecular formula is C48H86N10O13. The fourth-order valence-electron chi connectivity index (χ4n) is 7.98. The second kappa shape index (κ2) is 32.5. The van der Waals surface area contributed by atoms with Crippen LogP contribution in [-0.4, -0.2) is 161 Å². The third-order valence-electron chi connectivity index (χ3n) is 12.3. The Morgan fingerprint density at radius 3 is 1.66 bits per heavy atom. The van der Waals surface area contributed by atoms with E-state index in [1.165, 1.54) is 13.8 Å². The van der Waals surface area contributed by atoms with Crippen LogP contribution in [0.25, 0.3) is 0 Å². The van der Waals surface area contributed by atoms with E-state index in [-0.39, 0.29) is 57.2 Å². The normalized spacial score (nSPS) is 16.8. The molecule has 8 amide bonds. The number of aliphatic hydroxyl groups is 1. The summed E-state index contributed by atoms with van der Waals surface area (Å²) < 4.78 is 0. The summed E-state index contributed by atoms with van der Waals surface area (Å²) in [6.45, 7) is 17.1. The fourth-order valence-corrected chi connectivity index (χ4v) is 7.98. The first-order valence-corrected chi connectivity index (χ1v) is 25.1. The summed E-state index contributed by atoms with van der Waals surface area (Å²) >= 11 is 0. The van der Waals surface area contributed by atoms with Crippen molar-refractivity contribution >= 4 is 59.2 Å². The summed E-state index contributed by atoms with van der Waals surface area (Å²) in [5.74, 6) is -8.59. The molecule has 0 unspecified atom stereocenters. The maximum absolute atomic E-state index is 13.8. The monoisotopic (exact) mass is 1010 g/mol. The summed E-state index contributed by atoms with van der Waals surface area (Å²) in [5.41, 5.74) is 5.84. The summed E-state index contributed by atoms with van der Waals surface area (Å²) in [6, 6.07) is -8.37. The van der Waals surface area contributed by atoms with E-state index in [2.05, 4.69) is 42.5 Å². The summed E-state index contributed by atoms with van der Waals surface area (Å²) in [4.78, 5) is 131. The van der Waals surface area contributed by atoms with Crippen LogP contribution in [-0.2, 0) is 47.9 Å². The van der Waals surface area contributed by atoms with Gasteiger partial charge in [0.2, 0.25) is 47.3 Å². The lowest BCUT2D eigenvalue weighted by Crippen LogP contribution is -2.61. The van der Waals surface area contributed by atoms with Crippen LogP contribution < -0.4 is 48.3 Å². The molecule has 0 aliphatic heterocycles. The average molecular weight is 1010 g/mol. The lowest BCUT2D eigenvalue weighted by atomic mass is 9.89. The van der Waals surface area contributed by atoms with Gasteiger partial charge in [0.1, 0.15) is 36.3 Å². The molecule has 1 fully saturated rings. The lowest BCUT2D eigenvalue weighted by molar-refractivity contribution is -0.144. The van der Waals surface area contributed by atoms with Crippen molar-refractivity contribution in [2.75, 3.05) is 32.7 Å². The van der Waals surface area contributed by atoms with Crippen LogP contribution >= 0.6 is 0 Å². The molecule has 0 aromatic carbocycles. The number of carboxylic acid groups (broad SMARTS) is 2. The van der Waals surface area contributed by atoms with E-state index in [9.17, 15) is 58.2 Å². The lowest BCUT2D eigenvalue weighted by Gasteiger charge is -2.30. The van der Waals surface area contributed by atoms with Gasteiger partial charge in [0, 0.05) is 26.1 Å². The standard InChI is InChI=1S/C48H86N10O13/c1-11-29(8)40(46(68)54-35(22-27(4)5)45(67)57-41(31(10)59)47(69)56-39(28(6)7)48(70)71)55-36(60)23-51-37(61)25-58(24-32-15-13-12-14-16-32)20-19-50-42(64)30(9)52-44(66)34(21-26(2)3)53-43(65)33(49)17-18-38(62)63/h26-35,39-41,59H,11-25,49H2,1-10H3,(H,50,64)(H,51,61)(H,52,66)(H,53,65)(H,54,68)(H,55,60)(H,56,69)(H,57,67)(H,62,63)(H,70,71)/t29-,30-,31+,33-,34-,35-,39-,40-,41-/m0/s1. The van der Waals surface area contributed by atoms with Crippen LogP contribution in [0.2, 0.25) is 0 Å². The van der Waals surface area contributed by atoms with Crippen LogP contribution in [0.15, 0.2) is 0 Å². The van der Waals surface area contributed by atoms with Gasteiger partial charge in [-0.25, -0.2) is 4.79 Å². The Morgan fingerprint density at radius 2 is 1.15 bits per heavy atom. The molecule has 0 heterocycles. The van der Waals surface area contributed by atoms with E-state index in [0.29, 0.717) is 18.9 Å². The topological polar surface area (TPSA) is 357 Å². The van der Waals surface area contributed by atoms with Crippen molar-refractivity contribution in [3.8, 4) is 0 Å². The number of carboxylic acids is 2. The van der Waals surface area contributed by atoms with Crippen molar-refractivity contribution in [2.24, 2.45) is 35.3 Å². The molecule has 1 aliphatic carbocycles. The zero-order valence-corrected chi connectivity index (χ0v) is 43.6. The molecule has 0 bridgehead atoms. The largest absolute Gasteiger partial charge is 0.481 e. The number of aliphatic hydroxyl groups excluding tert-OH is 1. The molecule has 0 aromatic rings. The van der Waals surface area contributed by atoms with E-state index in [4.69, 9.17) is 10.8 Å². The van der Waals surface area contributed by atoms with Crippen LogP contribution in [0, 0.1) is 29.6 Å². The second-order valence-corrected chi connectivity index (χ2v) is 20.2. The quantitative estimate of drug-likeness (QED) is 0.0394. The number of nitrogens with zero attached hydrogens (tertiary/aromatic N) is 1. The van der Waals surface area contributed by atoms with Crippen molar-refractivity contribution < 1.29 is 63.3 Å². The molecule has 9 atom stereocenters. The van der Waals surface area contributed by atoms with Crippen LogP contribution in [0.1, 0.15) is 133 Å². The van der Waals surface area contributed by atoms with E-state index in [0.717, 1.165) is 32.1 Å². The van der Waals surface area contributed by atoms with Crippen LogP contribution in [0.4, 0.5) is 0 Å². The fraction of sp³-hybridized carbons (Fsp3) is 0.792. The zero-order chi connectivity index (χ0) is 54.1. The Hall–Kier alpha value is -5.42. The van der Waals surface area contributed by atoms with Gasteiger partial charge in [0.15, 0.2) is 0 Å². The Morgan fingerprint density at radius 1 is 0.620 bits per heavy atom. The van der Waals surface area contributed by atoms with Gasteiger partial charge < -0.3 is 63.6 Å². The first-order chi connectivity index (χ1) is 33.2. The highest BCUT2D eigenvalue weighted by Gasteiger charge is 2.36. The summed E-state index contributed by atoms with van der Waals surface area (Å²) in [7, 11) is 0. The zero-order valence-electron chi connectivity index (χ0n) is 43.6. The number of aliphatic carboxylic acids is 2. The number of hydrogen-bond acceptors (Lipinski definition) is 13. The highest BCUT2D eigenvalue weighted by atomic mass is 16.4. The SMILES string of the molecule is CC[C@H](C)[C@H](NC(=O)CNC(=O)CN(CCNC(=O)[C@H](C)NC(=O)[C@H](CC(C)C)NC(=O)[C@@H](N)CCC(=O)O)CC1CCCCC1)C(=O)N[C@@H](CC(C)C)C(=O)N[C@H](C(=O)N[C@H](C(=O)O)C(C)C)[C@@H](C)O. The minimum atomic E-state index is -1.55. The predicted octanol–water partition coefficient (Wildman–Crippen LogP) is -0.518. The highest BCUT2D eigenvalue weighted by Crippen LogP contribution is 2.24. The van der Waals surface area contributed by atoms with Crippen molar-refractivity contribution in [1.29, 1.82) is 0 Å². The van der Waals surface area contributed by atoms with E-state index in [1.807, 2.05) is 25.7 Å². The van der Waals surface area contributed by atoms with Gasteiger partial charge >= 0.3 is 11.9 Å². The van der Waals surface area contributed by atoms with Gasteiger partial charge in [-0.3, -0.25) is 48.1 Å². The Balaban J connectivity index is 3.00. The molecule has 71 heavy (non-hydrogen) atoms. The number of nitrogens with two attached hydrogens (primary N) is 1. The first-order valence-electron chi connectivity index (χ1n) is 25.1. The van der Waals surface area contributed by atoms with E-state index >= 15 is 0 Å². The van der Waals surface area contributed by atoms with Gasteiger partial charge in [0.25, 0.3) is 0 Å². The summed E-state index contributed by atoms with van der Waals surface area (Å²) in [6.07, 6.45) is 4.07. The Labute approximate surface area is 418 Å². The maximum atomic E-state index is 13.8. The molecule has 0 saturated heterocycles. The molecule has 1 saturated carbocycles. The molecule has 13 N–H and O–H groups in total. The average Bonchev–Trinajstić information content (AvgIpc) is 3.28. The number of rotatable bonds is 33. The molecule has 1 aliphatic rings. The third kappa shape index (κ3) is 25.0. The van der Waals surface area contributed by atoms with Gasteiger partial charge in [-0.15, -0.1) is 0 Å². The van der Waals surface area contributed by atoms with Gasteiger partial charge in [-0.2, -0.15) is 0 Å². The van der Waals surface area contributed by atoms with Gasteiger partial charge in [0.05, 0.1) is 25.2 Å². The predicted molar refractivity (Wildman–Crippen MR) is 264 cm³/mol. The maximum Gasteiger partial charge on any atom is 0.326 e. The van der Waals surface area contributed by atoms with E-state index in [1.54, 1.807) is 34.6 Å². The Kier molecular flexibility index (Phi) is 29.1. The van der Waals surface area contributed by atoms with Crippen LogP contribution in [0.5, 0.6) is 0 Å². The first kappa shape index (κ1) is 63.6. The minimum Gasteiger partial charge on any atom is -0.481 e. The van der Waals surface area contributed by atoms with Crippen molar-refractivity contribution in [3.63, 3.8) is 0 Å². The Bertz CT molecular complexity index is 1770. The van der Waals surface area contributed by atoms with Gasteiger partial charge in [-0.05, 0) is 75.5 Å². The number of carbonyl (C=O) groups is 10. The molecule has 406 valence electrons. The van der Waals surface area contributed by atoms with E-state index < -0.39 is 126 Å². The molecule has 0 aromatic heterocycles. The van der Waals surface area contributed by atoms with Crippen molar-refractivity contribution in [2.45, 2.75) is 182 Å². The van der Waals surface area contributed by atoms with Crippen LogP contribution in [0.3, 0.4) is 0 Å². The van der Waals surface area contributed by atoms with Crippen molar-refractivity contribution in [1.82, 2.24) is 47.4 Å². The second-order valence-electron chi connectivity index (χ2n) is 20.2. The smallest absolute Gasteiger partial charge is 0.326 e. The number of amides is 8. The molecule has 0 spiro atoms. The molecular weight excluding hydrogens is 925 g/mol. The minimum absolute atomic E-state index is 0.0231. The van der Waals surface area contributed by atoms with Crippen molar-refractivity contribution in [3.05, 3.63) is 0 Å². The highest BCUT2D eigenvalue weighted by molar-refractivity contribution is 5.96. The molecule has 0 radical (unpaired) electrons. The molecule has 23 heteroatoms. The summed E-state index contributed by atoms with van der Waals surface area (Å²) in [5, 5.41) is 49.7. The molecule has 23 nitrogen and oxygen atoms in total. The molecule has 1 rings (SSSR count). The third-order valence-corrected chi connectivity index (χ3v) is 12.3. The number of nitrogens with one attached hydrogen (secondary N) is 8. The van der Waals surface area contributed by atoms with Gasteiger partial charge in [-0.1, -0.05) is 81.1 Å². The number of carbonyl (C=O) groups excluding carboxylic acids is 8.